The Balaban J connectivity index is 2.22. The maximum Gasteiger partial charge on any atom is 0.309 e. The Morgan fingerprint density at radius 1 is 1.00 bits per heavy atom. The summed E-state index contributed by atoms with van der Waals surface area (Å²) in [4.78, 5) is 24.6. The Morgan fingerprint density at radius 3 is 2.28 bits per heavy atom. The average Bonchev–Trinajstić information content (AvgIpc) is 2.81. The van der Waals surface area contributed by atoms with Crippen LogP contribution in [0.3, 0.4) is 0 Å². The second-order valence-corrected chi connectivity index (χ2v) is 6.85. The summed E-state index contributed by atoms with van der Waals surface area (Å²) < 4.78 is 32.4. The minimum atomic E-state index is -0.452. The molecule has 0 atom stereocenters. The Hall–Kier alpha value is -3.65. The first-order valence-electron chi connectivity index (χ1n) is 9.38. The third-order valence-corrected chi connectivity index (χ3v) is 4.77. The molecule has 0 unspecified atom stereocenters. The van der Waals surface area contributed by atoms with E-state index in [1.165, 1.54) is 46.8 Å². The summed E-state index contributed by atoms with van der Waals surface area (Å²) in [6, 6.07) is 7.96. The van der Waals surface area contributed by atoms with Gasteiger partial charge in [0.05, 0.1) is 46.5 Å². The average molecular weight is 461 g/mol. The fourth-order valence-corrected chi connectivity index (χ4v) is 3.18. The van der Waals surface area contributed by atoms with Gasteiger partial charge >= 0.3 is 5.97 Å². The molecule has 32 heavy (non-hydrogen) atoms. The molecule has 3 aromatic rings. The fourth-order valence-electron chi connectivity index (χ4n) is 3.00. The molecule has 0 amide bonds. The van der Waals surface area contributed by atoms with Gasteiger partial charge in [-0.3, -0.25) is 9.59 Å². The molecule has 168 valence electrons. The van der Waals surface area contributed by atoms with Crippen LogP contribution in [0.1, 0.15) is 6.42 Å². The smallest absolute Gasteiger partial charge is 0.309 e. The molecule has 0 radical (unpaired) electrons. The van der Waals surface area contributed by atoms with Crippen LogP contribution < -0.4 is 24.4 Å². The standard InChI is InChI=1S/C23H21ClO8/c1-27-17-10-13(11-18(28-2)22(17)30-4)21-23(31-9-5-6-19(25)29-3)20(26)15-12-14(24)7-8-16(15)32-21/h5,7-12H,6H2,1-4H3/b9-5-. The first kappa shape index (κ1) is 23.0. The van der Waals surface area contributed by atoms with Crippen LogP contribution in [0.5, 0.6) is 23.0 Å². The molecule has 1 heterocycles. The largest absolute Gasteiger partial charge is 0.493 e. The highest BCUT2D eigenvalue weighted by atomic mass is 35.5. The third kappa shape index (κ3) is 4.65. The number of esters is 1. The molecule has 1 aromatic heterocycles. The number of benzene rings is 2. The highest BCUT2D eigenvalue weighted by molar-refractivity contribution is 6.31. The van der Waals surface area contributed by atoms with Crippen LogP contribution in [-0.2, 0) is 9.53 Å². The molecule has 0 spiro atoms. The van der Waals surface area contributed by atoms with Gasteiger partial charge in [0.25, 0.3) is 0 Å². The molecule has 2 aromatic carbocycles. The first-order chi connectivity index (χ1) is 15.4. The molecule has 3 rings (SSSR count). The first-order valence-corrected chi connectivity index (χ1v) is 9.76. The highest BCUT2D eigenvalue weighted by Crippen LogP contribution is 2.43. The minimum absolute atomic E-state index is 0.0270. The molecule has 0 saturated carbocycles. The lowest BCUT2D eigenvalue weighted by Gasteiger charge is -2.15. The van der Waals surface area contributed by atoms with Gasteiger partial charge in [-0.25, -0.2) is 0 Å². The van der Waals surface area contributed by atoms with E-state index < -0.39 is 11.4 Å². The van der Waals surface area contributed by atoms with Crippen molar-refractivity contribution < 1.29 is 32.9 Å². The number of rotatable bonds is 8. The molecule has 8 nitrogen and oxygen atoms in total. The van der Waals surface area contributed by atoms with E-state index in [1.807, 2.05) is 0 Å². The number of hydrogen-bond donors (Lipinski definition) is 0. The van der Waals surface area contributed by atoms with Gasteiger partial charge in [-0.05, 0) is 36.4 Å². The van der Waals surface area contributed by atoms with Crippen molar-refractivity contribution in [3.63, 3.8) is 0 Å². The molecule has 0 aliphatic rings. The van der Waals surface area contributed by atoms with Gasteiger partial charge in [-0.15, -0.1) is 0 Å². The number of carbonyl (C=O) groups is 1. The molecule has 0 N–H and O–H groups in total. The molecule has 0 saturated heterocycles. The predicted octanol–water partition coefficient (Wildman–Crippen LogP) is 4.59. The Kier molecular flexibility index (Phi) is 7.27. The van der Waals surface area contributed by atoms with E-state index in [9.17, 15) is 9.59 Å². The number of carbonyl (C=O) groups excluding carboxylic acids is 1. The second-order valence-electron chi connectivity index (χ2n) is 6.41. The monoisotopic (exact) mass is 460 g/mol. The molecule has 9 heteroatoms. The van der Waals surface area contributed by atoms with Crippen LogP contribution in [0.25, 0.3) is 22.3 Å². The molecule has 0 bridgehead atoms. The van der Waals surface area contributed by atoms with Crippen molar-refractivity contribution in [3.8, 4) is 34.3 Å². The molecular weight excluding hydrogens is 440 g/mol. The van der Waals surface area contributed by atoms with Gasteiger partial charge in [0, 0.05) is 10.6 Å². The summed E-state index contributed by atoms with van der Waals surface area (Å²) in [7, 11) is 5.72. The van der Waals surface area contributed by atoms with Gasteiger partial charge in [0.1, 0.15) is 5.58 Å². The summed E-state index contributed by atoms with van der Waals surface area (Å²) in [5, 5.41) is 0.613. The van der Waals surface area contributed by atoms with Crippen molar-refractivity contribution in [1.29, 1.82) is 0 Å². The maximum atomic E-state index is 13.2. The van der Waals surface area contributed by atoms with Gasteiger partial charge in [-0.1, -0.05) is 11.6 Å². The summed E-state index contributed by atoms with van der Waals surface area (Å²) >= 11 is 6.06. The van der Waals surface area contributed by atoms with Crippen LogP contribution >= 0.6 is 11.6 Å². The summed E-state index contributed by atoms with van der Waals surface area (Å²) in [5.74, 6) is 0.698. The third-order valence-electron chi connectivity index (χ3n) is 4.53. The van der Waals surface area contributed by atoms with Gasteiger partial charge < -0.3 is 28.1 Å². The topological polar surface area (TPSA) is 93.4 Å². The van der Waals surface area contributed by atoms with E-state index in [0.717, 1.165) is 0 Å². The fraction of sp³-hybridized carbons (Fsp3) is 0.217. The van der Waals surface area contributed by atoms with Crippen LogP contribution in [-0.4, -0.2) is 34.4 Å². The minimum Gasteiger partial charge on any atom is -0.493 e. The van der Waals surface area contributed by atoms with Crippen LogP contribution in [0, 0.1) is 0 Å². The van der Waals surface area contributed by atoms with Crippen molar-refractivity contribution in [2.24, 2.45) is 0 Å². The van der Waals surface area contributed by atoms with Crippen molar-refractivity contribution in [2.75, 3.05) is 28.4 Å². The van der Waals surface area contributed by atoms with Crippen LogP contribution in [0.4, 0.5) is 0 Å². The second kappa shape index (κ2) is 10.1. The lowest BCUT2D eigenvalue weighted by molar-refractivity contribution is -0.139. The Bertz CT molecular complexity index is 1200. The summed E-state index contributed by atoms with van der Waals surface area (Å²) in [6.45, 7) is 0. The summed E-state index contributed by atoms with van der Waals surface area (Å²) in [5.41, 5.74) is 0.319. The zero-order chi connectivity index (χ0) is 23.3. The van der Waals surface area contributed by atoms with Gasteiger partial charge in [0.2, 0.25) is 16.9 Å². The highest BCUT2D eigenvalue weighted by Gasteiger charge is 2.22. The zero-order valence-corrected chi connectivity index (χ0v) is 18.6. The Labute approximate surface area is 188 Å². The normalized spacial score (nSPS) is 10.9. The van der Waals surface area contributed by atoms with Gasteiger partial charge in [-0.2, -0.15) is 0 Å². The molecular formula is C23H21ClO8. The lowest BCUT2D eigenvalue weighted by atomic mass is 10.1. The van der Waals surface area contributed by atoms with E-state index in [4.69, 9.17) is 35.0 Å². The van der Waals surface area contributed by atoms with E-state index in [0.29, 0.717) is 33.4 Å². The van der Waals surface area contributed by atoms with Crippen molar-refractivity contribution >= 4 is 28.5 Å². The zero-order valence-electron chi connectivity index (χ0n) is 17.9. The van der Waals surface area contributed by atoms with Crippen LogP contribution in [0.2, 0.25) is 5.02 Å². The maximum absolute atomic E-state index is 13.2. The summed E-state index contributed by atoms with van der Waals surface area (Å²) in [6.07, 6.45) is 2.62. The van der Waals surface area contributed by atoms with Crippen molar-refractivity contribution in [3.05, 3.63) is 57.9 Å². The molecule has 0 aliphatic heterocycles. The van der Waals surface area contributed by atoms with E-state index >= 15 is 0 Å². The quantitative estimate of drug-likeness (QED) is 0.356. The van der Waals surface area contributed by atoms with E-state index in [2.05, 4.69) is 4.74 Å². The number of ether oxygens (including phenoxy) is 5. The van der Waals surface area contributed by atoms with Crippen molar-refractivity contribution in [2.45, 2.75) is 6.42 Å². The number of halogens is 1. The van der Waals surface area contributed by atoms with Gasteiger partial charge in [0.15, 0.2) is 17.3 Å². The SMILES string of the molecule is COC(=O)C/C=C\Oc1c(-c2cc(OC)c(OC)c(OC)c2)oc2ccc(Cl)cc2c1=O. The van der Waals surface area contributed by atoms with Crippen molar-refractivity contribution in [1.82, 2.24) is 0 Å². The molecule has 0 fully saturated rings. The number of methoxy groups -OCH3 is 4. The predicted molar refractivity (Wildman–Crippen MR) is 119 cm³/mol. The Morgan fingerprint density at radius 2 is 1.69 bits per heavy atom. The van der Waals surface area contributed by atoms with Crippen LogP contribution in [0.15, 0.2) is 51.9 Å². The molecule has 0 aliphatic carbocycles. The number of hydrogen-bond acceptors (Lipinski definition) is 8. The van der Waals surface area contributed by atoms with E-state index in [-0.39, 0.29) is 23.3 Å². The van der Waals surface area contributed by atoms with E-state index in [1.54, 1.807) is 24.3 Å². The lowest BCUT2D eigenvalue weighted by Crippen LogP contribution is -2.08. The number of fused-ring (bicyclic) bond motifs is 1.